The average Bonchev–Trinajstić information content (AvgIpc) is 2.40. The van der Waals surface area contributed by atoms with Crippen LogP contribution in [0.2, 0.25) is 0 Å². The van der Waals surface area contributed by atoms with Gasteiger partial charge in [-0.05, 0) is 0 Å². The van der Waals surface area contributed by atoms with Crippen LogP contribution in [0.15, 0.2) is 6.20 Å². The van der Waals surface area contributed by atoms with Gasteiger partial charge in [-0.25, -0.2) is 0 Å². The van der Waals surface area contributed by atoms with Gasteiger partial charge in [-0.1, -0.05) is 0 Å². The van der Waals surface area contributed by atoms with E-state index in [4.69, 9.17) is 5.11 Å². The van der Waals surface area contributed by atoms with E-state index in [2.05, 4.69) is 20.1 Å². The van der Waals surface area contributed by atoms with Gasteiger partial charge in [0.2, 0.25) is 6.29 Å². The maximum Gasteiger partial charge on any atom is 0.295 e. The summed E-state index contributed by atoms with van der Waals surface area (Å²) in [7, 11) is 0. The molecule has 0 fully saturated rings. The molecule has 0 saturated heterocycles. The largest absolute Gasteiger partial charge is 0.438 e. The number of nitrogens with one attached hydrogen (secondary N) is 1. The van der Waals surface area contributed by atoms with Crippen molar-refractivity contribution >= 4 is 6.47 Å². The molecular weight excluding hydrogens is 150 g/mol. The smallest absolute Gasteiger partial charge is 0.295 e. The first kappa shape index (κ1) is 7.67. The molecule has 0 spiro atoms. The molecule has 0 amide bonds. The van der Waals surface area contributed by atoms with Crippen LogP contribution in [-0.4, -0.2) is 33.3 Å². The summed E-state index contributed by atoms with van der Waals surface area (Å²) in [6.45, 7) is 0.185. The molecule has 0 radical (unpaired) electrons. The Morgan fingerprint density at radius 2 is 2.73 bits per heavy atom. The minimum absolute atomic E-state index is 0.148. The van der Waals surface area contributed by atoms with Crippen LogP contribution >= 0.6 is 0 Å². The van der Waals surface area contributed by atoms with Gasteiger partial charge < -0.3 is 9.84 Å². The normalized spacial score (nSPS) is 12.5. The number of hydrogen-bond acceptors (Lipinski definition) is 5. The first-order chi connectivity index (χ1) is 5.33. The monoisotopic (exact) mass is 157 g/mol. The van der Waals surface area contributed by atoms with Gasteiger partial charge in [0.05, 0.1) is 18.3 Å². The molecule has 6 heteroatoms. The number of aromatic nitrogens is 3. The molecule has 1 unspecified atom stereocenters. The van der Waals surface area contributed by atoms with Crippen molar-refractivity contribution < 1.29 is 14.6 Å². The van der Waals surface area contributed by atoms with E-state index >= 15 is 0 Å². The van der Waals surface area contributed by atoms with Gasteiger partial charge in [0.1, 0.15) is 0 Å². The second-order valence-corrected chi connectivity index (χ2v) is 1.85. The van der Waals surface area contributed by atoms with Crippen molar-refractivity contribution in [2.45, 2.75) is 12.7 Å². The molecule has 1 rings (SSSR count). The van der Waals surface area contributed by atoms with Crippen LogP contribution < -0.4 is 0 Å². The lowest BCUT2D eigenvalue weighted by Crippen LogP contribution is -2.14. The fraction of sp³-hybridized carbons (Fsp3) is 0.400. The number of rotatable bonds is 4. The van der Waals surface area contributed by atoms with Crippen molar-refractivity contribution in [3.63, 3.8) is 0 Å². The van der Waals surface area contributed by atoms with Crippen LogP contribution in [0.3, 0.4) is 0 Å². The number of carbonyl (C=O) groups is 1. The van der Waals surface area contributed by atoms with Crippen molar-refractivity contribution in [2.24, 2.45) is 0 Å². The number of H-pyrrole nitrogens is 1. The van der Waals surface area contributed by atoms with E-state index in [-0.39, 0.29) is 12.9 Å². The minimum atomic E-state index is -1.14. The van der Waals surface area contributed by atoms with Crippen LogP contribution in [-0.2, 0) is 16.0 Å². The molecule has 1 atom stereocenters. The van der Waals surface area contributed by atoms with Crippen molar-refractivity contribution in [3.05, 3.63) is 11.9 Å². The zero-order valence-corrected chi connectivity index (χ0v) is 5.60. The third-order valence-corrected chi connectivity index (χ3v) is 1.06. The minimum Gasteiger partial charge on any atom is -0.438 e. The maximum atomic E-state index is 9.72. The van der Waals surface area contributed by atoms with Crippen LogP contribution in [0.25, 0.3) is 0 Å². The van der Waals surface area contributed by atoms with Gasteiger partial charge >= 0.3 is 0 Å². The van der Waals surface area contributed by atoms with Crippen molar-refractivity contribution in [1.82, 2.24) is 15.4 Å². The lowest BCUT2D eigenvalue weighted by Gasteiger charge is -2.03. The number of aromatic amines is 1. The van der Waals surface area contributed by atoms with Gasteiger partial charge in [0.15, 0.2) is 0 Å². The highest BCUT2D eigenvalue weighted by atomic mass is 16.6. The van der Waals surface area contributed by atoms with E-state index in [9.17, 15) is 4.79 Å². The molecular formula is C5H7N3O3. The lowest BCUT2D eigenvalue weighted by molar-refractivity contribution is -0.151. The Morgan fingerprint density at radius 3 is 3.27 bits per heavy atom. The van der Waals surface area contributed by atoms with Gasteiger partial charge in [0.25, 0.3) is 6.47 Å². The number of hydrogen-bond donors (Lipinski definition) is 2. The van der Waals surface area contributed by atoms with Crippen molar-refractivity contribution in [3.8, 4) is 0 Å². The predicted molar refractivity (Wildman–Crippen MR) is 33.2 cm³/mol. The average molecular weight is 157 g/mol. The summed E-state index contributed by atoms with van der Waals surface area (Å²) in [4.78, 5) is 9.72. The van der Waals surface area contributed by atoms with E-state index in [0.29, 0.717) is 5.69 Å². The quantitative estimate of drug-likeness (QED) is 0.425. The summed E-state index contributed by atoms with van der Waals surface area (Å²) in [5.74, 6) is 0. The summed E-state index contributed by atoms with van der Waals surface area (Å²) in [5.41, 5.74) is 0.541. The van der Waals surface area contributed by atoms with E-state index in [0.717, 1.165) is 0 Å². The molecule has 0 aliphatic carbocycles. The Labute approximate surface area is 62.2 Å². The molecule has 0 aliphatic rings. The molecule has 1 aromatic rings. The number of carbonyl (C=O) groups excluding carboxylic acids is 1. The molecule has 2 N–H and O–H groups in total. The Kier molecular flexibility index (Phi) is 2.56. The molecule has 6 nitrogen and oxygen atoms in total. The molecule has 1 aromatic heterocycles. The van der Waals surface area contributed by atoms with E-state index in [1.54, 1.807) is 0 Å². The van der Waals surface area contributed by atoms with Crippen LogP contribution in [0, 0.1) is 0 Å². The topological polar surface area (TPSA) is 88.1 Å². The first-order valence-electron chi connectivity index (χ1n) is 2.94. The summed E-state index contributed by atoms with van der Waals surface area (Å²) < 4.78 is 4.21. The molecule has 0 aromatic carbocycles. The van der Waals surface area contributed by atoms with E-state index in [1.807, 2.05) is 0 Å². The van der Waals surface area contributed by atoms with Crippen LogP contribution in [0.5, 0.6) is 0 Å². The highest BCUT2D eigenvalue weighted by Crippen LogP contribution is 1.96. The van der Waals surface area contributed by atoms with Gasteiger partial charge in [0, 0.05) is 0 Å². The fourth-order valence-corrected chi connectivity index (χ4v) is 0.615. The third-order valence-electron chi connectivity index (χ3n) is 1.06. The molecule has 11 heavy (non-hydrogen) atoms. The summed E-state index contributed by atoms with van der Waals surface area (Å²) >= 11 is 0. The third kappa shape index (κ3) is 2.34. The number of aliphatic hydroxyl groups excluding tert-OH is 1. The highest BCUT2D eigenvalue weighted by molar-refractivity contribution is 5.37. The first-order valence-corrected chi connectivity index (χ1v) is 2.94. The van der Waals surface area contributed by atoms with E-state index in [1.165, 1.54) is 6.20 Å². The van der Waals surface area contributed by atoms with Crippen molar-refractivity contribution in [2.75, 3.05) is 0 Å². The Balaban J connectivity index is 2.37. The van der Waals surface area contributed by atoms with E-state index < -0.39 is 6.29 Å². The Hall–Kier alpha value is -1.43. The van der Waals surface area contributed by atoms with Gasteiger partial charge in [-0.2, -0.15) is 15.4 Å². The molecule has 60 valence electrons. The second-order valence-electron chi connectivity index (χ2n) is 1.85. The summed E-state index contributed by atoms with van der Waals surface area (Å²) in [5, 5.41) is 18.4. The highest BCUT2D eigenvalue weighted by Gasteiger charge is 2.06. The van der Waals surface area contributed by atoms with Gasteiger partial charge in [-0.15, -0.1) is 0 Å². The summed E-state index contributed by atoms with van der Waals surface area (Å²) in [6, 6.07) is 0. The second kappa shape index (κ2) is 3.67. The van der Waals surface area contributed by atoms with Crippen LogP contribution in [0.1, 0.15) is 5.69 Å². The zero-order chi connectivity index (χ0) is 8.10. The lowest BCUT2D eigenvalue weighted by atomic mass is 10.3. The van der Waals surface area contributed by atoms with Crippen molar-refractivity contribution in [1.29, 1.82) is 0 Å². The molecule has 0 saturated carbocycles. The van der Waals surface area contributed by atoms with Gasteiger partial charge in [-0.3, -0.25) is 4.79 Å². The SMILES string of the molecule is O=COC(O)Cc1cn[nH]n1. The summed E-state index contributed by atoms with van der Waals surface area (Å²) in [6.07, 6.45) is 0.449. The molecule has 1 heterocycles. The van der Waals surface area contributed by atoms with Crippen LogP contribution in [0.4, 0.5) is 0 Å². The maximum absolute atomic E-state index is 9.72. The molecule has 0 aliphatic heterocycles. The number of nitrogens with zero attached hydrogens (tertiary/aromatic N) is 2. The fourth-order valence-electron chi connectivity index (χ4n) is 0.615. The Morgan fingerprint density at radius 1 is 1.91 bits per heavy atom. The predicted octanol–water partition coefficient (Wildman–Crippen LogP) is -1.16. The standard InChI is InChI=1S/C5H7N3O3/c9-3-11-5(10)1-4-2-6-8-7-4/h2-3,5,10H,1H2,(H,6,7,8). The Bertz CT molecular complexity index is 211. The molecule has 0 bridgehead atoms. The zero-order valence-electron chi connectivity index (χ0n) is 5.60. The number of ether oxygens (including phenoxy) is 1. The number of aliphatic hydroxyl groups is 1.